The normalized spacial score (nSPS) is 16.4. The number of fused-ring (bicyclic) bond motifs is 1. The van der Waals surface area contributed by atoms with E-state index in [1.54, 1.807) is 0 Å². The number of aryl methyl sites for hydroxylation is 1. The van der Waals surface area contributed by atoms with Crippen LogP contribution in [0.5, 0.6) is 17.2 Å². The minimum atomic E-state index is 0.0482. The molecule has 2 aromatic rings. The number of carbonyl (C=O) groups excluding carboxylic acids is 1. The zero-order valence-electron chi connectivity index (χ0n) is 17.4. The molecule has 2 aromatic carbocycles. The van der Waals surface area contributed by atoms with Crippen LogP contribution in [0.15, 0.2) is 42.5 Å². The summed E-state index contributed by atoms with van der Waals surface area (Å²) in [4.78, 5) is 16.8. The lowest BCUT2D eigenvalue weighted by Gasteiger charge is -2.34. The van der Waals surface area contributed by atoms with E-state index in [1.165, 1.54) is 5.56 Å². The number of carbonyl (C=O) groups is 1. The second-order valence-electron chi connectivity index (χ2n) is 7.75. The van der Waals surface area contributed by atoms with Crippen LogP contribution in [0.3, 0.4) is 0 Å². The average Bonchev–Trinajstić information content (AvgIpc) is 3.21. The Labute approximate surface area is 177 Å². The fraction of sp³-hybridized carbons (Fsp3) is 0.435. The fourth-order valence-corrected chi connectivity index (χ4v) is 3.73. The molecule has 0 aromatic heterocycles. The van der Waals surface area contributed by atoms with E-state index < -0.39 is 0 Å². The standard InChI is InChI=1S/C23H29N3O4/c1-18-3-2-4-20(13-18)28-12-7-24-23(27)16-26-10-8-25(9-11-26)15-19-5-6-21-22(14-19)30-17-29-21/h2-6,13-14H,7-12,15-17H2,1H3,(H,24,27). The molecule has 1 N–H and O–H groups in total. The number of hydrogen-bond donors (Lipinski definition) is 1. The Morgan fingerprint density at radius 2 is 1.83 bits per heavy atom. The first-order valence-electron chi connectivity index (χ1n) is 10.4. The van der Waals surface area contributed by atoms with Gasteiger partial charge in [-0.3, -0.25) is 14.6 Å². The zero-order valence-corrected chi connectivity index (χ0v) is 17.4. The van der Waals surface area contributed by atoms with Gasteiger partial charge in [0.1, 0.15) is 12.4 Å². The molecule has 0 bridgehead atoms. The predicted molar refractivity (Wildman–Crippen MR) is 114 cm³/mol. The number of benzene rings is 2. The van der Waals surface area contributed by atoms with E-state index in [0.29, 0.717) is 26.5 Å². The van der Waals surface area contributed by atoms with Gasteiger partial charge in [0.15, 0.2) is 11.5 Å². The van der Waals surface area contributed by atoms with Gasteiger partial charge in [0, 0.05) is 32.7 Å². The zero-order chi connectivity index (χ0) is 20.8. The maximum absolute atomic E-state index is 12.2. The van der Waals surface area contributed by atoms with Crippen LogP contribution in [0, 0.1) is 6.92 Å². The van der Waals surface area contributed by atoms with Gasteiger partial charge in [-0.2, -0.15) is 0 Å². The van der Waals surface area contributed by atoms with Crippen molar-refractivity contribution in [1.82, 2.24) is 15.1 Å². The lowest BCUT2D eigenvalue weighted by Crippen LogP contribution is -2.49. The highest BCUT2D eigenvalue weighted by Gasteiger charge is 2.20. The molecule has 0 saturated carbocycles. The minimum Gasteiger partial charge on any atom is -0.492 e. The Morgan fingerprint density at radius 3 is 2.67 bits per heavy atom. The van der Waals surface area contributed by atoms with Crippen molar-refractivity contribution in [2.45, 2.75) is 13.5 Å². The summed E-state index contributed by atoms with van der Waals surface area (Å²) in [6, 6.07) is 14.0. The van der Waals surface area contributed by atoms with Gasteiger partial charge in [-0.25, -0.2) is 0 Å². The van der Waals surface area contributed by atoms with E-state index >= 15 is 0 Å². The lowest BCUT2D eigenvalue weighted by molar-refractivity contribution is -0.122. The van der Waals surface area contributed by atoms with Crippen LogP contribution in [-0.2, 0) is 11.3 Å². The van der Waals surface area contributed by atoms with Gasteiger partial charge in [-0.1, -0.05) is 18.2 Å². The highest BCUT2D eigenvalue weighted by molar-refractivity contribution is 5.78. The van der Waals surface area contributed by atoms with Crippen molar-refractivity contribution in [2.24, 2.45) is 0 Å². The topological polar surface area (TPSA) is 63.3 Å². The summed E-state index contributed by atoms with van der Waals surface area (Å²) in [6.07, 6.45) is 0. The third-order valence-electron chi connectivity index (χ3n) is 5.36. The Morgan fingerprint density at radius 1 is 1.03 bits per heavy atom. The highest BCUT2D eigenvalue weighted by Crippen LogP contribution is 2.32. The first-order valence-corrected chi connectivity index (χ1v) is 10.4. The summed E-state index contributed by atoms with van der Waals surface area (Å²) in [5.41, 5.74) is 2.38. The van der Waals surface area contributed by atoms with Crippen LogP contribution in [0.1, 0.15) is 11.1 Å². The van der Waals surface area contributed by atoms with Gasteiger partial charge >= 0.3 is 0 Å². The molecule has 2 aliphatic rings. The third kappa shape index (κ3) is 5.64. The lowest BCUT2D eigenvalue weighted by atomic mass is 10.1. The van der Waals surface area contributed by atoms with E-state index in [2.05, 4.69) is 27.2 Å². The van der Waals surface area contributed by atoms with Crippen molar-refractivity contribution < 1.29 is 19.0 Å². The van der Waals surface area contributed by atoms with Gasteiger partial charge in [0.2, 0.25) is 12.7 Å². The number of amides is 1. The summed E-state index contributed by atoms with van der Waals surface area (Å²) in [5, 5.41) is 2.94. The Kier molecular flexibility index (Phi) is 6.71. The maximum Gasteiger partial charge on any atom is 0.234 e. The number of piperazine rings is 1. The number of ether oxygens (including phenoxy) is 3. The largest absolute Gasteiger partial charge is 0.492 e. The molecular weight excluding hydrogens is 382 g/mol. The van der Waals surface area contributed by atoms with Crippen LogP contribution >= 0.6 is 0 Å². The van der Waals surface area contributed by atoms with Gasteiger partial charge in [-0.15, -0.1) is 0 Å². The molecule has 0 unspecified atom stereocenters. The third-order valence-corrected chi connectivity index (χ3v) is 5.36. The summed E-state index contributed by atoms with van der Waals surface area (Å²) < 4.78 is 16.5. The van der Waals surface area contributed by atoms with Crippen LogP contribution < -0.4 is 19.5 Å². The van der Waals surface area contributed by atoms with Crippen molar-refractivity contribution >= 4 is 5.91 Å². The average molecular weight is 412 g/mol. The summed E-state index contributed by atoms with van der Waals surface area (Å²) >= 11 is 0. The van der Waals surface area contributed by atoms with Gasteiger partial charge in [0.25, 0.3) is 0 Å². The molecule has 0 aliphatic carbocycles. The second-order valence-corrected chi connectivity index (χ2v) is 7.75. The Hall–Kier alpha value is -2.77. The van der Waals surface area contributed by atoms with Crippen molar-refractivity contribution in [3.8, 4) is 17.2 Å². The van der Waals surface area contributed by atoms with Crippen molar-refractivity contribution in [3.05, 3.63) is 53.6 Å². The van der Waals surface area contributed by atoms with Crippen LogP contribution in [0.4, 0.5) is 0 Å². The summed E-state index contributed by atoms with van der Waals surface area (Å²) in [6.45, 7) is 8.29. The number of nitrogens with one attached hydrogen (secondary N) is 1. The van der Waals surface area contributed by atoms with E-state index in [4.69, 9.17) is 14.2 Å². The van der Waals surface area contributed by atoms with E-state index in [1.807, 2.05) is 37.3 Å². The minimum absolute atomic E-state index is 0.0482. The van der Waals surface area contributed by atoms with Gasteiger partial charge < -0.3 is 19.5 Å². The summed E-state index contributed by atoms with van der Waals surface area (Å²) in [7, 11) is 0. The molecule has 1 amide bonds. The van der Waals surface area contributed by atoms with Crippen LogP contribution in [-0.4, -0.2) is 68.4 Å². The molecule has 7 nitrogen and oxygen atoms in total. The molecule has 2 aliphatic heterocycles. The number of rotatable bonds is 8. The maximum atomic E-state index is 12.2. The molecule has 160 valence electrons. The van der Waals surface area contributed by atoms with Crippen molar-refractivity contribution in [3.63, 3.8) is 0 Å². The monoisotopic (exact) mass is 411 g/mol. The molecule has 2 heterocycles. The second kappa shape index (κ2) is 9.82. The molecule has 1 fully saturated rings. The quantitative estimate of drug-likeness (QED) is 0.671. The fourth-order valence-electron chi connectivity index (χ4n) is 3.73. The van der Waals surface area contributed by atoms with Crippen molar-refractivity contribution in [1.29, 1.82) is 0 Å². The molecule has 4 rings (SSSR count). The van der Waals surface area contributed by atoms with Gasteiger partial charge in [-0.05, 0) is 42.3 Å². The molecule has 7 heteroatoms. The Balaban J connectivity index is 1.12. The molecule has 0 atom stereocenters. The van der Waals surface area contributed by atoms with Crippen LogP contribution in [0.25, 0.3) is 0 Å². The van der Waals surface area contributed by atoms with Gasteiger partial charge in [0.05, 0.1) is 13.1 Å². The molecule has 0 spiro atoms. The highest BCUT2D eigenvalue weighted by atomic mass is 16.7. The molecular formula is C23H29N3O4. The number of nitrogens with zero attached hydrogens (tertiary/aromatic N) is 2. The van der Waals surface area contributed by atoms with Crippen LogP contribution in [0.2, 0.25) is 0 Å². The first-order chi connectivity index (χ1) is 14.7. The van der Waals surface area contributed by atoms with Crippen molar-refractivity contribution in [2.75, 3.05) is 52.7 Å². The molecule has 30 heavy (non-hydrogen) atoms. The van der Waals surface area contributed by atoms with E-state index in [-0.39, 0.29) is 5.91 Å². The molecule has 0 radical (unpaired) electrons. The van der Waals surface area contributed by atoms with E-state index in [9.17, 15) is 4.79 Å². The molecule has 1 saturated heterocycles. The number of hydrogen-bond acceptors (Lipinski definition) is 6. The van der Waals surface area contributed by atoms with E-state index in [0.717, 1.165) is 55.5 Å². The smallest absolute Gasteiger partial charge is 0.234 e. The summed E-state index contributed by atoms with van der Waals surface area (Å²) in [5.74, 6) is 2.53. The first kappa shape index (κ1) is 20.5. The SMILES string of the molecule is Cc1cccc(OCCNC(=O)CN2CCN(Cc3ccc4c(c3)OCO4)CC2)c1. The predicted octanol–water partition coefficient (Wildman–Crippen LogP) is 2.04. The Bertz CT molecular complexity index is 865.